The van der Waals surface area contributed by atoms with E-state index < -0.39 is 13.9 Å². The summed E-state index contributed by atoms with van der Waals surface area (Å²) in [7, 11) is -4.29. The number of allylic oxidation sites excluding steroid dienone is 10. The molecule has 0 saturated heterocycles. The zero-order valence-corrected chi connectivity index (χ0v) is 41.2. The van der Waals surface area contributed by atoms with Crippen LogP contribution >= 0.6 is 7.82 Å². The van der Waals surface area contributed by atoms with Gasteiger partial charge in [0.2, 0.25) is 0 Å². The summed E-state index contributed by atoms with van der Waals surface area (Å²) in [4.78, 5) is 22.6. The Morgan fingerprint density at radius 3 is 1.27 bits per heavy atom. The highest BCUT2D eigenvalue weighted by Crippen LogP contribution is 2.43. The van der Waals surface area contributed by atoms with Crippen molar-refractivity contribution in [1.29, 1.82) is 0 Å². The molecule has 0 fully saturated rings. The number of phosphoric ester groups is 1. The summed E-state index contributed by atoms with van der Waals surface area (Å²) in [5.74, 6) is -0.338. The van der Waals surface area contributed by atoms with Crippen molar-refractivity contribution in [1.82, 2.24) is 0 Å². The van der Waals surface area contributed by atoms with Gasteiger partial charge in [-0.1, -0.05) is 203 Å². The highest BCUT2D eigenvalue weighted by Gasteiger charge is 2.25. The van der Waals surface area contributed by atoms with Gasteiger partial charge in [-0.25, -0.2) is 4.57 Å². The number of ether oxygens (including phenoxy) is 2. The Morgan fingerprint density at radius 1 is 0.484 bits per heavy atom. The molecule has 2 unspecified atom stereocenters. The summed E-state index contributed by atoms with van der Waals surface area (Å²) in [6.45, 7) is 4.89. The summed E-state index contributed by atoms with van der Waals surface area (Å²) in [5, 5.41) is 0. The minimum Gasteiger partial charge on any atom is -0.457 e. The first-order valence-electron chi connectivity index (χ1n) is 25.8. The van der Waals surface area contributed by atoms with Gasteiger partial charge in [0.15, 0.2) is 0 Å². The van der Waals surface area contributed by atoms with Crippen LogP contribution in [0.5, 0.6) is 0 Å². The van der Waals surface area contributed by atoms with Crippen molar-refractivity contribution in [3.63, 3.8) is 0 Å². The van der Waals surface area contributed by atoms with Crippen LogP contribution in [-0.4, -0.2) is 49.9 Å². The maximum atomic E-state index is 12.7. The van der Waals surface area contributed by atoms with E-state index in [1.54, 1.807) is 0 Å². The van der Waals surface area contributed by atoms with Crippen molar-refractivity contribution in [2.75, 3.05) is 33.0 Å². The lowest BCUT2D eigenvalue weighted by atomic mass is 10.1. The number of nitrogens with two attached hydrogens (primary N) is 1. The molecule has 0 rings (SSSR count). The first-order chi connectivity index (χ1) is 30.4. The van der Waals surface area contributed by atoms with E-state index in [1.807, 2.05) is 0 Å². The van der Waals surface area contributed by atoms with Crippen molar-refractivity contribution in [3.05, 3.63) is 60.8 Å². The molecule has 0 aromatic heterocycles. The number of rotatable bonds is 49. The van der Waals surface area contributed by atoms with Crippen LogP contribution in [-0.2, 0) is 27.9 Å². The van der Waals surface area contributed by atoms with E-state index in [0.29, 0.717) is 13.0 Å². The average molecular weight is 892 g/mol. The van der Waals surface area contributed by atoms with Crippen molar-refractivity contribution in [3.8, 4) is 0 Å². The minimum absolute atomic E-state index is 0.0956. The van der Waals surface area contributed by atoms with Crippen LogP contribution in [0, 0.1) is 0 Å². The molecule has 0 saturated carbocycles. The van der Waals surface area contributed by atoms with Gasteiger partial charge >= 0.3 is 13.8 Å². The van der Waals surface area contributed by atoms with Gasteiger partial charge in [0.1, 0.15) is 6.10 Å². The Balaban J connectivity index is 3.99. The number of esters is 1. The first kappa shape index (κ1) is 60.2. The first-order valence-corrected chi connectivity index (χ1v) is 27.3. The summed E-state index contributed by atoms with van der Waals surface area (Å²) < 4.78 is 33.6. The number of carbonyl (C=O) groups excluding carboxylic acids is 1. The molecule has 0 heterocycles. The largest absolute Gasteiger partial charge is 0.472 e. The summed E-state index contributed by atoms with van der Waals surface area (Å²) in [6.07, 6.45) is 62.5. The van der Waals surface area contributed by atoms with Gasteiger partial charge in [-0.3, -0.25) is 13.8 Å². The molecule has 0 aromatic carbocycles. The smallest absolute Gasteiger partial charge is 0.457 e. The lowest BCUT2D eigenvalue weighted by Crippen LogP contribution is -2.28. The van der Waals surface area contributed by atoms with E-state index >= 15 is 0 Å². The fourth-order valence-electron chi connectivity index (χ4n) is 7.09. The Hall–Kier alpha value is -1.80. The molecule has 9 heteroatoms. The number of carbonyl (C=O) groups is 1. The molecular formula is C53H98NO7P. The molecule has 0 aliphatic heterocycles. The van der Waals surface area contributed by atoms with Crippen LogP contribution in [0.25, 0.3) is 0 Å². The van der Waals surface area contributed by atoms with E-state index in [1.165, 1.54) is 154 Å². The number of phosphoric acid groups is 1. The van der Waals surface area contributed by atoms with Gasteiger partial charge in [-0.2, -0.15) is 0 Å². The molecular weight excluding hydrogens is 794 g/mol. The summed E-state index contributed by atoms with van der Waals surface area (Å²) in [5.41, 5.74) is 5.39. The Kier molecular flexibility index (Phi) is 48.7. The van der Waals surface area contributed by atoms with E-state index in [0.717, 1.165) is 57.8 Å². The van der Waals surface area contributed by atoms with E-state index in [4.69, 9.17) is 24.3 Å². The average Bonchev–Trinajstić information content (AvgIpc) is 3.26. The van der Waals surface area contributed by atoms with Crippen LogP contribution in [0.3, 0.4) is 0 Å². The van der Waals surface area contributed by atoms with E-state index in [2.05, 4.69) is 74.6 Å². The lowest BCUT2D eigenvalue weighted by molar-refractivity contribution is -0.154. The minimum atomic E-state index is -4.29. The van der Waals surface area contributed by atoms with Crippen LogP contribution < -0.4 is 5.73 Å². The van der Waals surface area contributed by atoms with Crippen molar-refractivity contribution < 1.29 is 32.8 Å². The summed E-state index contributed by atoms with van der Waals surface area (Å²) in [6, 6.07) is 0. The number of hydrogen-bond donors (Lipinski definition) is 2. The van der Waals surface area contributed by atoms with Crippen LogP contribution in [0.15, 0.2) is 60.8 Å². The maximum Gasteiger partial charge on any atom is 0.472 e. The van der Waals surface area contributed by atoms with Gasteiger partial charge in [0, 0.05) is 19.6 Å². The number of hydrogen-bond acceptors (Lipinski definition) is 7. The van der Waals surface area contributed by atoms with E-state index in [-0.39, 0.29) is 32.3 Å². The highest BCUT2D eigenvalue weighted by molar-refractivity contribution is 7.47. The zero-order valence-electron chi connectivity index (χ0n) is 40.3. The molecule has 362 valence electrons. The second-order valence-corrected chi connectivity index (χ2v) is 18.5. The third kappa shape index (κ3) is 49.2. The second-order valence-electron chi connectivity index (χ2n) is 17.0. The van der Waals surface area contributed by atoms with Crippen LogP contribution in [0.1, 0.15) is 232 Å². The standard InChI is InChI=1S/C53H98NO7P/c1-3-5-7-9-11-13-15-17-19-21-23-25-27-29-31-33-35-37-39-41-43-45-48-58-50-52(51-60-62(56,57)59-49-47-54)61-53(55)46-44-42-40-38-36-34-32-30-28-26-24-22-20-18-16-14-12-10-8-6-4-2/h15-18,21-24,27,29,52H,3-14,19-20,25-26,28,30-51,54H2,1-2H3,(H,56,57)/b17-15-,18-16-,23-21-,24-22-,29-27-. The van der Waals surface area contributed by atoms with Crippen molar-refractivity contribution in [2.45, 2.75) is 238 Å². The second kappa shape index (κ2) is 50.2. The molecule has 2 atom stereocenters. The third-order valence-corrected chi connectivity index (χ3v) is 11.9. The molecule has 0 radical (unpaired) electrons. The van der Waals surface area contributed by atoms with Gasteiger partial charge in [0.25, 0.3) is 0 Å². The van der Waals surface area contributed by atoms with Crippen LogP contribution in [0.4, 0.5) is 0 Å². The fourth-order valence-corrected chi connectivity index (χ4v) is 7.86. The molecule has 3 N–H and O–H groups in total. The molecule has 0 aromatic rings. The molecule has 62 heavy (non-hydrogen) atoms. The molecule has 0 aliphatic rings. The molecule has 0 aliphatic carbocycles. The molecule has 0 amide bonds. The van der Waals surface area contributed by atoms with E-state index in [9.17, 15) is 14.3 Å². The molecule has 8 nitrogen and oxygen atoms in total. The van der Waals surface area contributed by atoms with Gasteiger partial charge in [-0.15, -0.1) is 0 Å². The monoisotopic (exact) mass is 892 g/mol. The van der Waals surface area contributed by atoms with Crippen molar-refractivity contribution >= 4 is 13.8 Å². The maximum absolute atomic E-state index is 12.7. The quantitative estimate of drug-likeness (QED) is 0.0268. The third-order valence-electron chi connectivity index (χ3n) is 10.9. The Bertz CT molecular complexity index is 1140. The zero-order chi connectivity index (χ0) is 45.1. The molecule has 0 spiro atoms. The Morgan fingerprint density at radius 2 is 0.855 bits per heavy atom. The predicted molar refractivity (Wildman–Crippen MR) is 266 cm³/mol. The van der Waals surface area contributed by atoms with Crippen molar-refractivity contribution in [2.24, 2.45) is 5.73 Å². The normalized spacial score (nSPS) is 13.8. The van der Waals surface area contributed by atoms with Crippen LogP contribution in [0.2, 0.25) is 0 Å². The highest BCUT2D eigenvalue weighted by atomic mass is 31.2. The van der Waals surface area contributed by atoms with Gasteiger partial charge < -0.3 is 20.1 Å². The SMILES string of the molecule is CCCCCCC/C=C\C/C=C\C/C=C\CCCCCCCCCOCC(COP(=O)(O)OCCN)OC(=O)CCCCCCCCCCC/C=C\C/C=C\CCCCCCC. The predicted octanol–water partition coefficient (Wildman–Crippen LogP) is 16.1. The van der Waals surface area contributed by atoms with Gasteiger partial charge in [-0.05, 0) is 83.5 Å². The Labute approximate surface area is 383 Å². The molecule has 0 bridgehead atoms. The van der Waals surface area contributed by atoms with Gasteiger partial charge in [0.05, 0.1) is 19.8 Å². The lowest BCUT2D eigenvalue weighted by Gasteiger charge is -2.20. The number of unbranched alkanes of at least 4 members (excludes halogenated alkanes) is 26. The topological polar surface area (TPSA) is 117 Å². The summed E-state index contributed by atoms with van der Waals surface area (Å²) >= 11 is 0. The fraction of sp³-hybridized carbons (Fsp3) is 0.792.